The van der Waals surface area contributed by atoms with Gasteiger partial charge in [-0.1, -0.05) is 31.9 Å². The highest BCUT2D eigenvalue weighted by Gasteiger charge is 2.29. The van der Waals surface area contributed by atoms with Gasteiger partial charge in [-0.3, -0.25) is 9.59 Å². The van der Waals surface area contributed by atoms with Crippen LogP contribution in [0.4, 0.5) is 11.4 Å². The van der Waals surface area contributed by atoms with Crippen LogP contribution in [0.15, 0.2) is 39.4 Å². The number of anilines is 2. The number of fused-ring (bicyclic) bond motifs is 3. The molecule has 0 radical (unpaired) electrons. The zero-order valence-electron chi connectivity index (χ0n) is 19.0. The summed E-state index contributed by atoms with van der Waals surface area (Å²) in [6, 6.07) is 7.69. The Morgan fingerprint density at radius 3 is 2.40 bits per heavy atom. The summed E-state index contributed by atoms with van der Waals surface area (Å²) in [5.74, 6) is -0.364. The third-order valence-electron chi connectivity index (χ3n) is 6.42. The van der Waals surface area contributed by atoms with Crippen molar-refractivity contribution in [2.45, 2.75) is 26.7 Å². The molecule has 0 unspecified atom stereocenters. The summed E-state index contributed by atoms with van der Waals surface area (Å²) in [5.41, 5.74) is 8.78. The van der Waals surface area contributed by atoms with Gasteiger partial charge < -0.3 is 20.4 Å². The van der Waals surface area contributed by atoms with E-state index in [1.165, 1.54) is 0 Å². The highest BCUT2D eigenvalue weighted by Crippen LogP contribution is 2.39. The number of hydrogen-bond acceptors (Lipinski definition) is 4. The van der Waals surface area contributed by atoms with Gasteiger partial charge in [0, 0.05) is 44.2 Å². The van der Waals surface area contributed by atoms with E-state index < -0.39 is 0 Å². The molecule has 0 saturated heterocycles. The van der Waals surface area contributed by atoms with Gasteiger partial charge in [0.25, 0.3) is 5.91 Å². The molecule has 2 aromatic carbocycles. The Balaban J connectivity index is 0.000000178. The van der Waals surface area contributed by atoms with E-state index in [0.29, 0.717) is 30.6 Å². The quantitative estimate of drug-likeness (QED) is 0.253. The molecule has 0 spiro atoms. The predicted molar refractivity (Wildman–Crippen MR) is 141 cm³/mol. The molecule has 9 heteroatoms. The van der Waals surface area contributed by atoms with Gasteiger partial charge in [0.1, 0.15) is 0 Å². The number of ether oxygens (including phenoxy) is 1. The van der Waals surface area contributed by atoms with Gasteiger partial charge in [-0.2, -0.15) is 0 Å². The molecule has 3 aliphatic rings. The van der Waals surface area contributed by atoms with Crippen molar-refractivity contribution in [1.29, 1.82) is 0 Å². The Kier molecular flexibility index (Phi) is 6.14. The molecule has 0 aliphatic carbocycles. The van der Waals surface area contributed by atoms with E-state index in [2.05, 4.69) is 47.5 Å². The molecule has 2 amide bonds. The highest BCUT2D eigenvalue weighted by atomic mass is 79.9. The molecule has 35 heavy (non-hydrogen) atoms. The number of hydrogen-bond donors (Lipinski definition) is 3. The predicted octanol–water partition coefficient (Wildman–Crippen LogP) is 5.54. The van der Waals surface area contributed by atoms with E-state index >= 15 is 0 Å². The number of aromatic nitrogens is 1. The maximum atomic E-state index is 12.4. The maximum absolute atomic E-state index is 12.4. The number of amides is 2. The third-order valence-corrected chi connectivity index (χ3v) is 8.14. The molecule has 0 bridgehead atoms. The lowest BCUT2D eigenvalue weighted by atomic mass is 9.98. The summed E-state index contributed by atoms with van der Waals surface area (Å²) in [7, 11) is 0. The number of aromatic amines is 1. The Morgan fingerprint density at radius 2 is 1.63 bits per heavy atom. The lowest BCUT2D eigenvalue weighted by molar-refractivity contribution is -0.115. The second-order valence-corrected chi connectivity index (χ2v) is 10.2. The molecule has 0 fully saturated rings. The molecule has 7 nitrogen and oxygen atoms in total. The molecular formula is C26H21Br2N3O4. The first-order chi connectivity index (χ1) is 16.7. The van der Waals surface area contributed by atoms with Gasteiger partial charge in [0.05, 0.1) is 24.2 Å². The standard InChI is InChI=1S/C17H13BrN2O3.C9H8BrNO/c1-8-12(18)2-3-13-15(8)10(16(21)20-13)6-14-9-4-5-23-17(22)11(9)7-19-14;1-5-6-4-9(12)11-8(6)3-2-7(5)10/h2-3,6-7,19H,4-5H2,1H3,(H,20,21);2-3H,4H2,1H3,(H,11,12). The fraction of sp³-hybridized carbons (Fsp3) is 0.192. The molecule has 3 N–H and O–H groups in total. The molecule has 0 atom stereocenters. The average Bonchev–Trinajstić information content (AvgIpc) is 3.51. The first-order valence-electron chi connectivity index (χ1n) is 11.0. The summed E-state index contributed by atoms with van der Waals surface area (Å²) in [4.78, 5) is 38.2. The number of halogens is 2. The highest BCUT2D eigenvalue weighted by molar-refractivity contribution is 9.10. The number of esters is 1. The van der Waals surface area contributed by atoms with Crippen molar-refractivity contribution in [3.05, 3.63) is 78.5 Å². The van der Waals surface area contributed by atoms with Crippen LogP contribution in [0.2, 0.25) is 0 Å². The first kappa shape index (κ1) is 23.6. The van der Waals surface area contributed by atoms with Gasteiger partial charge in [0.2, 0.25) is 5.91 Å². The lowest BCUT2D eigenvalue weighted by Crippen LogP contribution is -2.16. The average molecular weight is 599 g/mol. The van der Waals surface area contributed by atoms with Crippen molar-refractivity contribution in [1.82, 2.24) is 4.98 Å². The Labute approximate surface area is 218 Å². The summed E-state index contributed by atoms with van der Waals surface area (Å²) in [6.45, 7) is 4.36. The van der Waals surface area contributed by atoms with Crippen molar-refractivity contribution >= 4 is 72.7 Å². The monoisotopic (exact) mass is 597 g/mol. The van der Waals surface area contributed by atoms with E-state index in [-0.39, 0.29) is 17.8 Å². The summed E-state index contributed by atoms with van der Waals surface area (Å²) in [5, 5.41) is 5.69. The van der Waals surface area contributed by atoms with E-state index in [9.17, 15) is 14.4 Å². The van der Waals surface area contributed by atoms with E-state index in [4.69, 9.17) is 4.74 Å². The zero-order chi connectivity index (χ0) is 24.9. The van der Waals surface area contributed by atoms with Gasteiger partial charge >= 0.3 is 5.97 Å². The number of rotatable bonds is 1. The van der Waals surface area contributed by atoms with Crippen LogP contribution in [-0.2, 0) is 27.2 Å². The summed E-state index contributed by atoms with van der Waals surface area (Å²) < 4.78 is 7.06. The van der Waals surface area contributed by atoms with E-state index in [0.717, 1.165) is 53.8 Å². The fourth-order valence-corrected chi connectivity index (χ4v) is 5.23. The van der Waals surface area contributed by atoms with Crippen LogP contribution in [0, 0.1) is 13.8 Å². The summed E-state index contributed by atoms with van der Waals surface area (Å²) in [6.07, 6.45) is 4.62. The number of carbonyl (C=O) groups excluding carboxylic acids is 3. The molecule has 6 rings (SSSR count). The van der Waals surface area contributed by atoms with Crippen molar-refractivity contribution in [2.75, 3.05) is 17.2 Å². The maximum Gasteiger partial charge on any atom is 0.339 e. The van der Waals surface area contributed by atoms with E-state index in [1.54, 1.807) is 6.20 Å². The Hall–Kier alpha value is -3.17. The molecule has 178 valence electrons. The zero-order valence-corrected chi connectivity index (χ0v) is 22.1. The number of H-pyrrole nitrogens is 1. The minimum atomic E-state index is -0.317. The molecule has 1 aromatic heterocycles. The molecule has 3 aromatic rings. The number of carbonyl (C=O) groups is 3. The van der Waals surface area contributed by atoms with Crippen LogP contribution in [0.3, 0.4) is 0 Å². The van der Waals surface area contributed by atoms with Gasteiger partial charge in [0.15, 0.2) is 0 Å². The van der Waals surface area contributed by atoms with Crippen molar-refractivity contribution < 1.29 is 19.1 Å². The topological polar surface area (TPSA) is 100 Å². The third kappa shape index (κ3) is 4.23. The van der Waals surface area contributed by atoms with Crippen molar-refractivity contribution in [3.8, 4) is 0 Å². The SMILES string of the molecule is Cc1c(Br)ccc2c1C(=Cc1[nH]cc3c1CCOC3=O)C(=O)N2.Cc1c(Br)ccc2c1CC(=O)N2. The van der Waals surface area contributed by atoms with Gasteiger partial charge in [-0.25, -0.2) is 4.79 Å². The minimum Gasteiger partial charge on any atom is -0.462 e. The second-order valence-electron chi connectivity index (χ2n) is 8.51. The fourth-order valence-electron chi connectivity index (χ4n) is 4.52. The molecule has 4 heterocycles. The first-order valence-corrected chi connectivity index (χ1v) is 12.6. The van der Waals surface area contributed by atoms with Crippen LogP contribution in [0.5, 0.6) is 0 Å². The molecular weight excluding hydrogens is 578 g/mol. The van der Waals surface area contributed by atoms with Gasteiger partial charge in [-0.05, 0) is 66.4 Å². The summed E-state index contributed by atoms with van der Waals surface area (Å²) >= 11 is 6.94. The van der Waals surface area contributed by atoms with Crippen molar-refractivity contribution in [3.63, 3.8) is 0 Å². The Morgan fingerprint density at radius 1 is 0.914 bits per heavy atom. The van der Waals surface area contributed by atoms with Crippen LogP contribution < -0.4 is 10.6 Å². The Bertz CT molecular complexity index is 1460. The van der Waals surface area contributed by atoms with Crippen molar-refractivity contribution in [2.24, 2.45) is 0 Å². The minimum absolute atomic E-state index is 0.0891. The van der Waals surface area contributed by atoms with Crippen LogP contribution in [0.1, 0.15) is 43.9 Å². The van der Waals surface area contributed by atoms with Crippen LogP contribution >= 0.6 is 31.9 Å². The number of cyclic esters (lactones) is 1. The second kappa shape index (κ2) is 9.13. The number of nitrogens with one attached hydrogen (secondary N) is 3. The molecule has 3 aliphatic heterocycles. The van der Waals surface area contributed by atoms with Gasteiger partial charge in [-0.15, -0.1) is 0 Å². The van der Waals surface area contributed by atoms with E-state index in [1.807, 2.05) is 44.2 Å². The normalized spacial score (nSPS) is 16.6. The van der Waals surface area contributed by atoms with Crippen LogP contribution in [-0.4, -0.2) is 29.4 Å². The van der Waals surface area contributed by atoms with Crippen LogP contribution in [0.25, 0.3) is 11.6 Å². The molecule has 0 saturated carbocycles. The smallest absolute Gasteiger partial charge is 0.339 e. The largest absolute Gasteiger partial charge is 0.462 e. The number of benzene rings is 2. The lowest BCUT2D eigenvalue weighted by Gasteiger charge is -2.12.